The average Bonchev–Trinajstić information content (AvgIpc) is 3.07. The number of hydroxylamine groups is 1. The number of benzene rings is 5. The van der Waals surface area contributed by atoms with Crippen LogP contribution in [0, 0.1) is 0 Å². The molecule has 44 heavy (non-hydrogen) atoms. The molecule has 0 spiro atoms. The molecule has 0 saturated heterocycles. The maximum absolute atomic E-state index is 13.9. The molecule has 5 aromatic carbocycles. The fraction of sp³-hybridized carbons (Fsp3) is 0.118. The second kappa shape index (κ2) is 13.4. The van der Waals surface area contributed by atoms with Crippen LogP contribution >= 0.6 is 0 Å². The Morgan fingerprint density at radius 1 is 0.795 bits per heavy atom. The number of rotatable bonds is 10. The van der Waals surface area contributed by atoms with E-state index in [-0.39, 0.29) is 30.0 Å². The lowest BCUT2D eigenvalue weighted by atomic mass is 9.96. The summed E-state index contributed by atoms with van der Waals surface area (Å²) in [6.07, 6.45) is -1.07. The van der Waals surface area contributed by atoms with Crippen molar-refractivity contribution in [3.63, 3.8) is 0 Å². The molecular formula is C34H30N2O7S. The van der Waals surface area contributed by atoms with Crippen molar-refractivity contribution >= 4 is 32.8 Å². The van der Waals surface area contributed by atoms with Gasteiger partial charge in [-0.05, 0) is 63.7 Å². The molecule has 9 nitrogen and oxygen atoms in total. The van der Waals surface area contributed by atoms with Gasteiger partial charge >= 0.3 is 6.09 Å². The number of ether oxygens (including phenoxy) is 2. The molecule has 0 aliphatic rings. The Kier molecular flexibility index (Phi) is 9.23. The van der Waals surface area contributed by atoms with E-state index in [0.717, 1.165) is 16.5 Å². The van der Waals surface area contributed by atoms with E-state index in [1.807, 2.05) is 42.5 Å². The van der Waals surface area contributed by atoms with Gasteiger partial charge in [-0.3, -0.25) is 10.0 Å². The maximum Gasteiger partial charge on any atom is 0.424 e. The van der Waals surface area contributed by atoms with E-state index in [1.165, 1.54) is 12.1 Å². The van der Waals surface area contributed by atoms with Gasteiger partial charge in [-0.1, -0.05) is 91.0 Å². The number of carbonyl (C=O) groups excluding carboxylic acids is 2. The lowest BCUT2D eigenvalue weighted by Gasteiger charge is -2.23. The zero-order valence-electron chi connectivity index (χ0n) is 23.8. The Balaban J connectivity index is 1.46. The van der Waals surface area contributed by atoms with Gasteiger partial charge in [0.25, 0.3) is 15.9 Å². The van der Waals surface area contributed by atoms with Gasteiger partial charge in [0.15, 0.2) is 0 Å². The Morgan fingerprint density at radius 2 is 1.43 bits per heavy atom. The first-order chi connectivity index (χ1) is 21.3. The second-order valence-electron chi connectivity index (χ2n) is 9.88. The molecule has 5 rings (SSSR count). The first-order valence-electron chi connectivity index (χ1n) is 13.7. The van der Waals surface area contributed by atoms with E-state index in [1.54, 1.807) is 73.3 Å². The van der Waals surface area contributed by atoms with Crippen molar-refractivity contribution in [1.29, 1.82) is 0 Å². The van der Waals surface area contributed by atoms with Gasteiger partial charge in [0.1, 0.15) is 12.4 Å². The molecule has 0 saturated carbocycles. The van der Waals surface area contributed by atoms with Gasteiger partial charge in [-0.2, -0.15) is 0 Å². The van der Waals surface area contributed by atoms with E-state index in [9.17, 15) is 23.2 Å². The molecule has 0 aliphatic carbocycles. The highest BCUT2D eigenvalue weighted by Gasteiger charge is 2.31. The van der Waals surface area contributed by atoms with Crippen LogP contribution in [0.25, 0.3) is 21.9 Å². The zero-order chi connectivity index (χ0) is 31.1. The Morgan fingerprint density at radius 3 is 2.09 bits per heavy atom. The van der Waals surface area contributed by atoms with Crippen LogP contribution in [0.3, 0.4) is 0 Å². The topological polar surface area (TPSA) is 122 Å². The van der Waals surface area contributed by atoms with Crippen LogP contribution < -0.4 is 10.2 Å². The van der Waals surface area contributed by atoms with Crippen LogP contribution in [-0.2, 0) is 27.8 Å². The maximum atomic E-state index is 13.9. The number of sulfonamides is 1. The molecule has 0 atom stereocenters. The molecule has 0 bridgehead atoms. The third-order valence-corrected chi connectivity index (χ3v) is 8.98. The van der Waals surface area contributed by atoms with Gasteiger partial charge in [0, 0.05) is 6.54 Å². The van der Waals surface area contributed by atoms with E-state index < -0.39 is 22.0 Å². The van der Waals surface area contributed by atoms with E-state index >= 15 is 0 Å². The zero-order valence-corrected chi connectivity index (χ0v) is 24.7. The predicted octanol–water partition coefficient (Wildman–Crippen LogP) is 6.20. The summed E-state index contributed by atoms with van der Waals surface area (Å²) in [5, 5.41) is 10.8. The number of fused-ring (bicyclic) bond motifs is 1. The number of amides is 2. The van der Waals surface area contributed by atoms with Crippen LogP contribution in [0.1, 0.15) is 21.5 Å². The SMILES string of the molecule is COc1ccc(-c2ccc(S(=O)(=O)N(CCc3ccc4ccccc4c3C(=O)NO)C(=O)OCc3ccccc3)cc2)cc1. The van der Waals surface area contributed by atoms with E-state index in [2.05, 4.69) is 0 Å². The van der Waals surface area contributed by atoms with Crippen molar-refractivity contribution < 1.29 is 32.7 Å². The molecule has 0 radical (unpaired) electrons. The number of methoxy groups -OCH3 is 1. The lowest BCUT2D eigenvalue weighted by molar-refractivity contribution is 0.0707. The quantitative estimate of drug-likeness (QED) is 0.143. The fourth-order valence-electron chi connectivity index (χ4n) is 4.90. The minimum Gasteiger partial charge on any atom is -0.497 e. The van der Waals surface area contributed by atoms with E-state index in [0.29, 0.717) is 26.6 Å². The highest BCUT2D eigenvalue weighted by atomic mass is 32.2. The Labute approximate surface area is 255 Å². The second-order valence-corrected chi connectivity index (χ2v) is 11.7. The number of hydrogen-bond acceptors (Lipinski definition) is 7. The minimum atomic E-state index is -4.38. The molecule has 2 N–H and O–H groups in total. The van der Waals surface area contributed by atoms with Gasteiger partial charge in [-0.25, -0.2) is 23.0 Å². The monoisotopic (exact) mass is 610 g/mol. The van der Waals surface area contributed by atoms with Crippen molar-refractivity contribution in [3.05, 3.63) is 132 Å². The minimum absolute atomic E-state index is 0.0167. The van der Waals surface area contributed by atoms with Gasteiger partial charge < -0.3 is 9.47 Å². The molecule has 0 heterocycles. The number of nitrogens with zero attached hydrogens (tertiary/aromatic N) is 1. The van der Waals surface area contributed by atoms with Crippen LogP contribution in [0.4, 0.5) is 4.79 Å². The fourth-order valence-corrected chi connectivity index (χ4v) is 6.22. The largest absolute Gasteiger partial charge is 0.497 e. The van der Waals surface area contributed by atoms with Crippen LogP contribution in [0.5, 0.6) is 5.75 Å². The van der Waals surface area contributed by atoms with Crippen molar-refractivity contribution in [2.45, 2.75) is 17.9 Å². The average molecular weight is 611 g/mol. The first kappa shape index (κ1) is 30.3. The van der Waals surface area contributed by atoms with Gasteiger partial charge in [-0.15, -0.1) is 0 Å². The molecule has 0 aromatic heterocycles. The summed E-state index contributed by atoms with van der Waals surface area (Å²) in [5.41, 5.74) is 4.64. The standard InChI is InChI=1S/C34H30N2O7S/c1-42-29-17-13-25(14-18-29)26-15-19-30(20-16-26)44(40,41)36(34(38)43-23-24-7-3-2-4-8-24)22-21-28-12-11-27-9-5-6-10-31(27)32(28)33(37)35-39/h2-20,39H,21-23H2,1H3,(H,35,37). The molecule has 0 aliphatic heterocycles. The van der Waals surface area contributed by atoms with E-state index in [4.69, 9.17) is 9.47 Å². The summed E-state index contributed by atoms with van der Waals surface area (Å²) in [7, 11) is -2.80. The van der Waals surface area contributed by atoms with Crippen molar-refractivity contribution in [2.75, 3.05) is 13.7 Å². The van der Waals surface area contributed by atoms with Crippen molar-refractivity contribution in [3.8, 4) is 16.9 Å². The van der Waals surface area contributed by atoms with Gasteiger partial charge in [0.2, 0.25) is 0 Å². The summed E-state index contributed by atoms with van der Waals surface area (Å²) in [5.74, 6) is -0.0457. The third-order valence-electron chi connectivity index (χ3n) is 7.20. The summed E-state index contributed by atoms with van der Waals surface area (Å²) in [4.78, 5) is 26.0. The number of hydrogen-bond donors (Lipinski definition) is 2. The highest BCUT2D eigenvalue weighted by Crippen LogP contribution is 2.27. The Hall–Kier alpha value is -5.19. The number of nitrogens with one attached hydrogen (secondary N) is 1. The lowest BCUT2D eigenvalue weighted by Crippen LogP contribution is -2.39. The highest BCUT2D eigenvalue weighted by molar-refractivity contribution is 7.89. The normalized spacial score (nSPS) is 11.1. The molecule has 2 amide bonds. The molecule has 10 heteroatoms. The smallest absolute Gasteiger partial charge is 0.424 e. The molecule has 5 aromatic rings. The van der Waals surface area contributed by atoms with Crippen LogP contribution in [-0.4, -0.2) is 43.6 Å². The molecular weight excluding hydrogens is 580 g/mol. The van der Waals surface area contributed by atoms with Crippen LogP contribution in [0.15, 0.2) is 120 Å². The molecule has 224 valence electrons. The van der Waals surface area contributed by atoms with Crippen molar-refractivity contribution in [1.82, 2.24) is 9.79 Å². The summed E-state index contributed by atoms with van der Waals surface area (Å²) >= 11 is 0. The third kappa shape index (κ3) is 6.56. The number of carbonyl (C=O) groups is 2. The summed E-state index contributed by atoms with van der Waals surface area (Å²) in [6.45, 7) is -0.448. The summed E-state index contributed by atoms with van der Waals surface area (Å²) < 4.78 is 39.2. The van der Waals surface area contributed by atoms with Crippen LogP contribution in [0.2, 0.25) is 0 Å². The first-order valence-corrected chi connectivity index (χ1v) is 15.2. The summed E-state index contributed by atoms with van der Waals surface area (Å²) in [6, 6.07) is 33.1. The molecule has 0 unspecified atom stereocenters. The predicted molar refractivity (Wildman–Crippen MR) is 166 cm³/mol. The molecule has 0 fully saturated rings. The Bertz CT molecular complexity index is 1880. The van der Waals surface area contributed by atoms with Gasteiger partial charge in [0.05, 0.1) is 17.6 Å². The van der Waals surface area contributed by atoms with Crippen molar-refractivity contribution in [2.24, 2.45) is 0 Å².